The molecule has 0 aromatic rings. The normalized spacial score (nSPS) is 32.8. The van der Waals surface area contributed by atoms with E-state index in [1.54, 1.807) is 11.8 Å². The molecule has 2 N–H and O–H groups in total. The van der Waals surface area contributed by atoms with E-state index in [0.717, 1.165) is 6.42 Å². The third kappa shape index (κ3) is 2.52. The number of carbonyl (C=O) groups is 2. The summed E-state index contributed by atoms with van der Waals surface area (Å²) in [5.41, 5.74) is 0. The van der Waals surface area contributed by atoms with Crippen molar-refractivity contribution in [3.8, 4) is 0 Å². The first-order chi connectivity index (χ1) is 8.09. The van der Waals surface area contributed by atoms with Crippen LogP contribution in [0.5, 0.6) is 0 Å². The molecule has 2 rings (SSSR count). The molecule has 0 bridgehead atoms. The Balaban J connectivity index is 1.89. The van der Waals surface area contributed by atoms with Crippen LogP contribution in [0.25, 0.3) is 0 Å². The van der Waals surface area contributed by atoms with Gasteiger partial charge in [0.2, 0.25) is 0 Å². The van der Waals surface area contributed by atoms with Crippen molar-refractivity contribution in [1.29, 1.82) is 0 Å². The predicted octanol–water partition coefficient (Wildman–Crippen LogP) is 0.280. The Bertz CT molecular complexity index is 315. The Morgan fingerprint density at radius 1 is 1.41 bits per heavy atom. The maximum atomic E-state index is 11.9. The number of urea groups is 1. The van der Waals surface area contributed by atoms with E-state index < -0.39 is 11.9 Å². The molecule has 0 aromatic heterocycles. The van der Waals surface area contributed by atoms with Crippen molar-refractivity contribution in [2.45, 2.75) is 31.8 Å². The van der Waals surface area contributed by atoms with E-state index in [2.05, 4.69) is 5.32 Å². The molecule has 0 spiro atoms. The molecule has 6 nitrogen and oxygen atoms in total. The second-order valence-electron chi connectivity index (χ2n) is 4.68. The number of carboxylic acids is 1. The molecular weight excluding hydrogens is 224 g/mol. The van der Waals surface area contributed by atoms with E-state index in [1.165, 1.54) is 0 Å². The molecule has 0 saturated carbocycles. The summed E-state index contributed by atoms with van der Waals surface area (Å²) in [4.78, 5) is 24.5. The van der Waals surface area contributed by atoms with Gasteiger partial charge in [-0.15, -0.1) is 0 Å². The molecule has 6 heteroatoms. The summed E-state index contributed by atoms with van der Waals surface area (Å²) in [6.07, 6.45) is 1.36. The minimum atomic E-state index is -0.822. The molecular formula is C11H18N2O4. The summed E-state index contributed by atoms with van der Waals surface area (Å²) in [7, 11) is 0. The largest absolute Gasteiger partial charge is 0.481 e. The first-order valence-electron chi connectivity index (χ1n) is 5.97. The number of aliphatic carboxylic acids is 1. The number of amides is 2. The number of rotatable bonds is 2. The summed E-state index contributed by atoms with van der Waals surface area (Å²) in [5, 5.41) is 11.9. The highest BCUT2D eigenvalue weighted by Crippen LogP contribution is 2.24. The monoisotopic (exact) mass is 242 g/mol. The van der Waals surface area contributed by atoms with Crippen LogP contribution in [-0.4, -0.2) is 53.8 Å². The maximum Gasteiger partial charge on any atom is 0.317 e. The SMILES string of the molecule is CC1C(C(=O)O)CCN1C(=O)NC1CCOC1. The van der Waals surface area contributed by atoms with Crippen molar-refractivity contribution in [3.63, 3.8) is 0 Å². The van der Waals surface area contributed by atoms with Crippen LogP contribution >= 0.6 is 0 Å². The fourth-order valence-electron chi connectivity index (χ4n) is 2.46. The average molecular weight is 242 g/mol. The van der Waals surface area contributed by atoms with Crippen LogP contribution in [-0.2, 0) is 9.53 Å². The van der Waals surface area contributed by atoms with Gasteiger partial charge in [0.25, 0.3) is 0 Å². The Hall–Kier alpha value is -1.30. The molecule has 2 aliphatic heterocycles. The number of hydrogen-bond donors (Lipinski definition) is 2. The summed E-state index contributed by atoms with van der Waals surface area (Å²) < 4.78 is 5.18. The summed E-state index contributed by atoms with van der Waals surface area (Å²) in [6.45, 7) is 3.53. The third-order valence-electron chi connectivity index (χ3n) is 3.59. The van der Waals surface area contributed by atoms with Gasteiger partial charge in [-0.1, -0.05) is 0 Å². The maximum absolute atomic E-state index is 11.9. The first kappa shape index (κ1) is 12.2. The smallest absolute Gasteiger partial charge is 0.317 e. The highest BCUT2D eigenvalue weighted by molar-refractivity contribution is 5.78. The summed E-state index contributed by atoms with van der Waals surface area (Å²) in [5.74, 6) is -1.27. The molecule has 17 heavy (non-hydrogen) atoms. The number of ether oxygens (including phenoxy) is 1. The second kappa shape index (κ2) is 4.91. The van der Waals surface area contributed by atoms with Gasteiger partial charge in [0.1, 0.15) is 0 Å². The number of carbonyl (C=O) groups excluding carboxylic acids is 1. The zero-order chi connectivity index (χ0) is 12.4. The molecule has 0 aromatic carbocycles. The van der Waals surface area contributed by atoms with Crippen molar-refractivity contribution in [2.75, 3.05) is 19.8 Å². The van der Waals surface area contributed by atoms with E-state index in [0.29, 0.717) is 26.2 Å². The number of nitrogens with zero attached hydrogens (tertiary/aromatic N) is 1. The molecule has 3 atom stereocenters. The molecule has 0 aliphatic carbocycles. The van der Waals surface area contributed by atoms with Crippen LogP contribution in [0.1, 0.15) is 19.8 Å². The highest BCUT2D eigenvalue weighted by atomic mass is 16.5. The van der Waals surface area contributed by atoms with Gasteiger partial charge in [0.15, 0.2) is 0 Å². The lowest BCUT2D eigenvalue weighted by Crippen LogP contribution is -2.47. The van der Waals surface area contributed by atoms with Crippen molar-refractivity contribution >= 4 is 12.0 Å². The molecule has 2 aliphatic rings. The number of hydrogen-bond acceptors (Lipinski definition) is 3. The van der Waals surface area contributed by atoms with Crippen LogP contribution in [0, 0.1) is 5.92 Å². The van der Waals surface area contributed by atoms with Crippen LogP contribution in [0.3, 0.4) is 0 Å². The lowest BCUT2D eigenvalue weighted by atomic mass is 10.0. The zero-order valence-electron chi connectivity index (χ0n) is 9.89. The van der Waals surface area contributed by atoms with E-state index in [9.17, 15) is 9.59 Å². The third-order valence-corrected chi connectivity index (χ3v) is 3.59. The van der Waals surface area contributed by atoms with E-state index in [4.69, 9.17) is 9.84 Å². The van der Waals surface area contributed by atoms with Gasteiger partial charge in [-0.2, -0.15) is 0 Å². The quantitative estimate of drug-likeness (QED) is 0.729. The minimum absolute atomic E-state index is 0.0681. The van der Waals surface area contributed by atoms with Crippen LogP contribution in [0.4, 0.5) is 4.79 Å². The molecule has 2 heterocycles. The van der Waals surface area contributed by atoms with Crippen molar-refractivity contribution < 1.29 is 19.4 Å². The number of carboxylic acid groups (broad SMARTS) is 1. The van der Waals surface area contributed by atoms with Crippen LogP contribution in [0.2, 0.25) is 0 Å². The van der Waals surface area contributed by atoms with Gasteiger partial charge in [0.05, 0.1) is 18.6 Å². The second-order valence-corrected chi connectivity index (χ2v) is 4.68. The fraction of sp³-hybridized carbons (Fsp3) is 0.818. The topological polar surface area (TPSA) is 78.9 Å². The van der Waals surface area contributed by atoms with E-state index in [-0.39, 0.29) is 18.1 Å². The number of likely N-dealkylation sites (tertiary alicyclic amines) is 1. The van der Waals surface area contributed by atoms with Gasteiger partial charge in [-0.25, -0.2) is 4.79 Å². The molecule has 0 radical (unpaired) electrons. The standard InChI is InChI=1S/C11H18N2O4/c1-7-9(10(14)15)2-4-13(7)11(16)12-8-3-5-17-6-8/h7-9H,2-6H2,1H3,(H,12,16)(H,14,15). The summed E-state index contributed by atoms with van der Waals surface area (Å²) in [6, 6.07) is -0.342. The first-order valence-corrected chi connectivity index (χ1v) is 5.97. The Morgan fingerprint density at radius 3 is 2.71 bits per heavy atom. The predicted molar refractivity (Wildman–Crippen MR) is 59.7 cm³/mol. The highest BCUT2D eigenvalue weighted by Gasteiger charge is 2.38. The van der Waals surface area contributed by atoms with Crippen molar-refractivity contribution in [1.82, 2.24) is 10.2 Å². The molecule has 3 unspecified atom stereocenters. The van der Waals surface area contributed by atoms with Gasteiger partial charge in [-0.3, -0.25) is 4.79 Å². The molecule has 2 amide bonds. The lowest BCUT2D eigenvalue weighted by molar-refractivity contribution is -0.142. The Labute approximate surface area is 99.9 Å². The molecule has 96 valence electrons. The zero-order valence-corrected chi connectivity index (χ0v) is 9.89. The van der Waals surface area contributed by atoms with E-state index in [1.807, 2.05) is 0 Å². The summed E-state index contributed by atoms with van der Waals surface area (Å²) >= 11 is 0. The van der Waals surface area contributed by atoms with Gasteiger partial charge in [0, 0.05) is 19.2 Å². The molecule has 2 fully saturated rings. The fourth-order valence-corrected chi connectivity index (χ4v) is 2.46. The number of nitrogens with one attached hydrogen (secondary N) is 1. The average Bonchev–Trinajstić information content (AvgIpc) is 2.86. The van der Waals surface area contributed by atoms with Crippen molar-refractivity contribution in [2.24, 2.45) is 5.92 Å². The van der Waals surface area contributed by atoms with Gasteiger partial charge >= 0.3 is 12.0 Å². The van der Waals surface area contributed by atoms with Crippen LogP contribution < -0.4 is 5.32 Å². The van der Waals surface area contributed by atoms with Gasteiger partial charge in [-0.05, 0) is 19.8 Å². The molecule has 2 saturated heterocycles. The Kier molecular flexibility index (Phi) is 3.51. The van der Waals surface area contributed by atoms with Crippen molar-refractivity contribution in [3.05, 3.63) is 0 Å². The lowest BCUT2D eigenvalue weighted by Gasteiger charge is -2.25. The minimum Gasteiger partial charge on any atom is -0.481 e. The van der Waals surface area contributed by atoms with Gasteiger partial charge < -0.3 is 20.1 Å². The van der Waals surface area contributed by atoms with E-state index >= 15 is 0 Å². The van der Waals surface area contributed by atoms with Crippen LogP contribution in [0.15, 0.2) is 0 Å². The Morgan fingerprint density at radius 2 is 2.18 bits per heavy atom.